The van der Waals surface area contributed by atoms with Gasteiger partial charge in [0.2, 0.25) is 0 Å². The molecule has 0 unspecified atom stereocenters. The fraction of sp³-hybridized carbons (Fsp3) is 0.214. The Kier molecular flexibility index (Phi) is 9.40. The number of carbonyl (C=O) groups excluding carboxylic acids is 1. The van der Waals surface area contributed by atoms with Gasteiger partial charge in [0.1, 0.15) is 17.8 Å². The summed E-state index contributed by atoms with van der Waals surface area (Å²) in [6.45, 7) is 2.36. The summed E-state index contributed by atoms with van der Waals surface area (Å²) in [5, 5.41) is 13.0. The number of hydrogen-bond donors (Lipinski definition) is 3. The van der Waals surface area contributed by atoms with E-state index in [0.29, 0.717) is 24.5 Å². The topological polar surface area (TPSA) is 102 Å². The second-order valence-electron chi connectivity index (χ2n) is 8.87. The number of ether oxygens (including phenoxy) is 2. The molecule has 0 saturated heterocycles. The molecule has 9 nitrogen and oxygen atoms in total. The van der Waals surface area contributed by atoms with Crippen LogP contribution in [0.15, 0.2) is 73.1 Å². The number of rotatable bonds is 9. The summed E-state index contributed by atoms with van der Waals surface area (Å²) >= 11 is 5.22. The molecule has 4 aromatic rings. The lowest BCUT2D eigenvalue weighted by Gasteiger charge is -2.13. The van der Waals surface area contributed by atoms with Crippen LogP contribution in [-0.4, -0.2) is 45.9 Å². The standard InChI is InChI=1S/C28H27F3N6O3S/c1-18-16-23(39-2)13-14-24(18)34-27(41)35-26(38)32-15-3-4-19-5-7-20(8-6-19)25-33-17-37(36-25)21-9-11-22(12-10-21)40-28(29,30)31/h5-14,16-17H,3-4,15H2,1-2H3,(H3,32,34,35,38,41). The highest BCUT2D eigenvalue weighted by Crippen LogP contribution is 2.24. The summed E-state index contributed by atoms with van der Waals surface area (Å²) in [4.78, 5) is 16.5. The van der Waals surface area contributed by atoms with Gasteiger partial charge in [-0.2, -0.15) is 0 Å². The van der Waals surface area contributed by atoms with E-state index in [1.54, 1.807) is 13.2 Å². The number of nitrogens with one attached hydrogen (secondary N) is 3. The first-order valence-electron chi connectivity index (χ1n) is 12.5. The van der Waals surface area contributed by atoms with E-state index in [9.17, 15) is 18.0 Å². The van der Waals surface area contributed by atoms with Crippen molar-refractivity contribution in [1.82, 2.24) is 25.4 Å². The highest BCUT2D eigenvalue weighted by Gasteiger charge is 2.31. The van der Waals surface area contributed by atoms with Crippen LogP contribution in [0.2, 0.25) is 0 Å². The van der Waals surface area contributed by atoms with Crippen molar-refractivity contribution in [3.63, 3.8) is 0 Å². The van der Waals surface area contributed by atoms with Crippen LogP contribution in [0.4, 0.5) is 23.7 Å². The first-order chi connectivity index (χ1) is 19.6. The number of methoxy groups -OCH3 is 1. The summed E-state index contributed by atoms with van der Waals surface area (Å²) in [5.41, 5.74) is 4.10. The fourth-order valence-electron chi connectivity index (χ4n) is 3.84. The maximum Gasteiger partial charge on any atom is 0.573 e. The zero-order chi connectivity index (χ0) is 29.4. The Balaban J connectivity index is 1.20. The Morgan fingerprint density at radius 2 is 1.73 bits per heavy atom. The van der Waals surface area contributed by atoms with Crippen LogP contribution in [0.25, 0.3) is 17.1 Å². The molecule has 0 saturated carbocycles. The molecular weight excluding hydrogens is 557 g/mol. The van der Waals surface area contributed by atoms with Crippen LogP contribution in [0.3, 0.4) is 0 Å². The van der Waals surface area contributed by atoms with Gasteiger partial charge >= 0.3 is 12.4 Å². The summed E-state index contributed by atoms with van der Waals surface area (Å²) in [7, 11) is 1.60. The number of benzene rings is 3. The average molecular weight is 585 g/mol. The van der Waals surface area contributed by atoms with Crippen LogP contribution in [-0.2, 0) is 6.42 Å². The predicted octanol–water partition coefficient (Wildman–Crippen LogP) is 5.78. The van der Waals surface area contributed by atoms with Crippen LogP contribution >= 0.6 is 12.2 Å². The number of thiocarbonyl (C=S) groups is 1. The molecule has 3 aromatic carbocycles. The maximum absolute atomic E-state index is 12.4. The lowest BCUT2D eigenvalue weighted by atomic mass is 10.1. The number of nitrogens with zero attached hydrogens (tertiary/aromatic N) is 3. The number of anilines is 1. The van der Waals surface area contributed by atoms with Gasteiger partial charge in [-0.1, -0.05) is 24.3 Å². The first kappa shape index (κ1) is 29.3. The van der Waals surface area contributed by atoms with E-state index in [0.717, 1.165) is 34.5 Å². The van der Waals surface area contributed by atoms with Crippen molar-refractivity contribution in [3.05, 3.63) is 84.2 Å². The number of urea groups is 1. The van der Waals surface area contributed by atoms with E-state index < -0.39 is 12.4 Å². The Labute approximate surface area is 239 Å². The van der Waals surface area contributed by atoms with Gasteiger partial charge < -0.3 is 20.1 Å². The molecule has 0 radical (unpaired) electrons. The van der Waals surface area contributed by atoms with Gasteiger partial charge in [0, 0.05) is 17.8 Å². The van der Waals surface area contributed by atoms with Crippen molar-refractivity contribution in [2.45, 2.75) is 26.1 Å². The van der Waals surface area contributed by atoms with Gasteiger partial charge in [0.15, 0.2) is 10.9 Å². The van der Waals surface area contributed by atoms with E-state index in [2.05, 4.69) is 30.8 Å². The minimum Gasteiger partial charge on any atom is -0.497 e. The maximum atomic E-state index is 12.4. The highest BCUT2D eigenvalue weighted by atomic mass is 32.1. The molecule has 0 spiro atoms. The molecule has 13 heteroatoms. The predicted molar refractivity (Wildman–Crippen MR) is 152 cm³/mol. The molecule has 214 valence electrons. The summed E-state index contributed by atoms with van der Waals surface area (Å²) in [6.07, 6.45) is -1.81. The van der Waals surface area contributed by atoms with Crippen molar-refractivity contribution in [1.29, 1.82) is 0 Å². The van der Waals surface area contributed by atoms with Crippen molar-refractivity contribution in [2.24, 2.45) is 0 Å². The average Bonchev–Trinajstić information content (AvgIpc) is 3.42. The Hall–Kier alpha value is -4.65. The number of halogens is 3. The molecule has 3 N–H and O–H groups in total. The fourth-order valence-corrected chi connectivity index (χ4v) is 4.04. The molecular formula is C28H27F3N6O3S. The molecule has 4 rings (SSSR count). The van der Waals surface area contributed by atoms with E-state index in [4.69, 9.17) is 17.0 Å². The quantitative estimate of drug-likeness (QED) is 0.169. The number of aromatic nitrogens is 3. The van der Waals surface area contributed by atoms with E-state index in [1.165, 1.54) is 35.3 Å². The molecule has 1 heterocycles. The van der Waals surface area contributed by atoms with Gasteiger partial charge in [-0.05, 0) is 85.6 Å². The Morgan fingerprint density at radius 3 is 2.39 bits per heavy atom. The Morgan fingerprint density at radius 1 is 1.02 bits per heavy atom. The summed E-state index contributed by atoms with van der Waals surface area (Å²) in [6, 6.07) is 18.1. The number of alkyl halides is 3. The number of hydrogen-bond acceptors (Lipinski definition) is 6. The molecule has 0 aliphatic carbocycles. The molecule has 41 heavy (non-hydrogen) atoms. The molecule has 1 aromatic heterocycles. The van der Waals surface area contributed by atoms with Gasteiger partial charge in [0.25, 0.3) is 0 Å². The summed E-state index contributed by atoms with van der Waals surface area (Å²) in [5.74, 6) is 0.894. The van der Waals surface area contributed by atoms with E-state index in [-0.39, 0.29) is 10.9 Å². The molecule has 0 aliphatic rings. The lowest BCUT2D eigenvalue weighted by Crippen LogP contribution is -2.42. The van der Waals surface area contributed by atoms with Crippen LogP contribution in [0.1, 0.15) is 17.5 Å². The van der Waals surface area contributed by atoms with E-state index >= 15 is 0 Å². The van der Waals surface area contributed by atoms with Crippen molar-refractivity contribution in [2.75, 3.05) is 19.0 Å². The third-order valence-electron chi connectivity index (χ3n) is 5.88. The van der Waals surface area contributed by atoms with Crippen molar-refractivity contribution < 1.29 is 27.4 Å². The summed E-state index contributed by atoms with van der Waals surface area (Å²) < 4.78 is 47.6. The zero-order valence-electron chi connectivity index (χ0n) is 22.2. The van der Waals surface area contributed by atoms with Gasteiger partial charge in [-0.25, -0.2) is 14.5 Å². The number of aryl methyl sites for hydroxylation is 2. The normalized spacial score (nSPS) is 11.0. The third kappa shape index (κ3) is 8.67. The second-order valence-corrected chi connectivity index (χ2v) is 9.28. The van der Waals surface area contributed by atoms with Crippen LogP contribution in [0, 0.1) is 6.92 Å². The third-order valence-corrected chi connectivity index (χ3v) is 6.08. The number of amides is 2. The first-order valence-corrected chi connectivity index (χ1v) is 12.9. The molecule has 0 fully saturated rings. The SMILES string of the molecule is COc1ccc(NC(=S)NC(=O)NCCCc2ccc(-c3ncn(-c4ccc(OC(F)(F)F)cc4)n3)cc2)c(C)c1. The monoisotopic (exact) mass is 584 g/mol. The highest BCUT2D eigenvalue weighted by molar-refractivity contribution is 7.80. The van der Waals surface area contributed by atoms with Crippen LogP contribution < -0.4 is 25.4 Å². The van der Waals surface area contributed by atoms with Crippen molar-refractivity contribution >= 4 is 29.0 Å². The van der Waals surface area contributed by atoms with Gasteiger partial charge in [-0.15, -0.1) is 18.3 Å². The number of carbonyl (C=O) groups is 1. The Bertz CT molecular complexity index is 1490. The van der Waals surface area contributed by atoms with Crippen LogP contribution in [0.5, 0.6) is 11.5 Å². The molecule has 0 bridgehead atoms. The second kappa shape index (κ2) is 13.1. The largest absolute Gasteiger partial charge is 0.573 e. The van der Waals surface area contributed by atoms with E-state index in [1.807, 2.05) is 43.3 Å². The minimum atomic E-state index is -4.75. The zero-order valence-corrected chi connectivity index (χ0v) is 23.0. The minimum absolute atomic E-state index is 0.190. The van der Waals surface area contributed by atoms with Crippen molar-refractivity contribution in [3.8, 4) is 28.6 Å². The molecule has 0 aliphatic heterocycles. The lowest BCUT2D eigenvalue weighted by molar-refractivity contribution is -0.274. The smallest absolute Gasteiger partial charge is 0.497 e. The van der Waals surface area contributed by atoms with Gasteiger partial charge in [-0.3, -0.25) is 5.32 Å². The molecule has 0 atom stereocenters. The molecule has 2 amide bonds. The van der Waals surface area contributed by atoms with Gasteiger partial charge in [0.05, 0.1) is 12.8 Å².